The molecule has 1 atom stereocenters. The number of nitrogens with one attached hydrogen (secondary N) is 1. The first-order valence-corrected chi connectivity index (χ1v) is 12.7. The van der Waals surface area contributed by atoms with E-state index in [-0.39, 0.29) is 11.6 Å². The Labute approximate surface area is 207 Å². The highest BCUT2D eigenvalue weighted by molar-refractivity contribution is 7.09. The fourth-order valence-electron chi connectivity index (χ4n) is 4.45. The molecule has 0 saturated carbocycles. The van der Waals surface area contributed by atoms with Crippen molar-refractivity contribution in [3.8, 4) is 0 Å². The van der Waals surface area contributed by atoms with Gasteiger partial charge in [0.25, 0.3) is 5.56 Å². The summed E-state index contributed by atoms with van der Waals surface area (Å²) in [6, 6.07) is 16.1. The lowest BCUT2D eigenvalue weighted by atomic mass is 10.1. The van der Waals surface area contributed by atoms with Crippen LogP contribution in [0.1, 0.15) is 53.9 Å². The standard InChI is InChI=1S/C26H28N6O2S/c1-3-18-9-10-23-19(13-18)14-20(26(33)27-23)15-31(17-22-8-6-12-35-22)24(4-2)25-28-29-30-32(25)16-21-7-5-11-34-21/h5-14,24H,3-4,15-17H2,1-2H3,(H,27,33)/t24-/m1/s1. The fraction of sp³-hybridized carbons (Fsp3) is 0.308. The number of hydrogen-bond donors (Lipinski definition) is 1. The van der Waals surface area contributed by atoms with Crippen LogP contribution in [-0.2, 0) is 26.1 Å². The minimum atomic E-state index is -0.0841. The van der Waals surface area contributed by atoms with E-state index in [0.717, 1.165) is 40.9 Å². The topological polar surface area (TPSA) is 92.8 Å². The lowest BCUT2D eigenvalue weighted by molar-refractivity contribution is 0.162. The Hall–Kier alpha value is -3.56. The van der Waals surface area contributed by atoms with Crippen LogP contribution in [0.15, 0.2) is 69.4 Å². The van der Waals surface area contributed by atoms with Crippen LogP contribution in [0.2, 0.25) is 0 Å². The number of aromatic nitrogens is 5. The summed E-state index contributed by atoms with van der Waals surface area (Å²) >= 11 is 1.71. The number of pyridine rings is 1. The summed E-state index contributed by atoms with van der Waals surface area (Å²) in [6.45, 7) is 5.88. The summed E-state index contributed by atoms with van der Waals surface area (Å²) in [4.78, 5) is 19.6. The van der Waals surface area contributed by atoms with Gasteiger partial charge in [0.05, 0.1) is 12.3 Å². The van der Waals surface area contributed by atoms with E-state index < -0.39 is 0 Å². The fourth-order valence-corrected chi connectivity index (χ4v) is 5.18. The molecule has 0 radical (unpaired) electrons. The normalized spacial score (nSPS) is 12.5. The second-order valence-electron chi connectivity index (χ2n) is 8.58. The Morgan fingerprint density at radius 2 is 2.06 bits per heavy atom. The summed E-state index contributed by atoms with van der Waals surface area (Å²) in [6.07, 6.45) is 3.39. The number of tetrazole rings is 1. The number of thiophene rings is 1. The van der Waals surface area contributed by atoms with Crippen molar-refractivity contribution in [1.29, 1.82) is 0 Å². The largest absolute Gasteiger partial charge is 0.467 e. The summed E-state index contributed by atoms with van der Waals surface area (Å²) < 4.78 is 7.30. The molecule has 5 rings (SSSR count). The number of furan rings is 1. The van der Waals surface area contributed by atoms with Crippen molar-refractivity contribution >= 4 is 22.2 Å². The first kappa shape index (κ1) is 23.2. The molecule has 35 heavy (non-hydrogen) atoms. The number of rotatable bonds is 10. The second kappa shape index (κ2) is 10.4. The van der Waals surface area contributed by atoms with Crippen molar-refractivity contribution < 1.29 is 4.42 Å². The van der Waals surface area contributed by atoms with Gasteiger partial charge in [0.15, 0.2) is 5.82 Å². The highest BCUT2D eigenvalue weighted by atomic mass is 32.1. The maximum atomic E-state index is 13.1. The van der Waals surface area contributed by atoms with Gasteiger partial charge in [-0.2, -0.15) is 0 Å². The van der Waals surface area contributed by atoms with Gasteiger partial charge in [0.1, 0.15) is 12.3 Å². The molecule has 4 heterocycles. The van der Waals surface area contributed by atoms with Gasteiger partial charge in [0.2, 0.25) is 0 Å². The van der Waals surface area contributed by atoms with Crippen molar-refractivity contribution in [3.63, 3.8) is 0 Å². The molecular weight excluding hydrogens is 460 g/mol. The van der Waals surface area contributed by atoms with Crippen LogP contribution in [0.25, 0.3) is 10.9 Å². The van der Waals surface area contributed by atoms with Gasteiger partial charge < -0.3 is 9.40 Å². The van der Waals surface area contributed by atoms with Crippen molar-refractivity contribution in [1.82, 2.24) is 30.1 Å². The molecular formula is C26H28N6O2S. The van der Waals surface area contributed by atoms with Gasteiger partial charge in [-0.3, -0.25) is 9.69 Å². The third-order valence-corrected chi connectivity index (χ3v) is 7.14. The molecule has 1 N–H and O–H groups in total. The number of nitrogens with zero attached hydrogens (tertiary/aromatic N) is 5. The number of hydrogen-bond acceptors (Lipinski definition) is 7. The average Bonchev–Trinajstić information content (AvgIpc) is 3.65. The van der Waals surface area contributed by atoms with E-state index in [2.05, 4.69) is 68.9 Å². The lowest BCUT2D eigenvalue weighted by Gasteiger charge is -2.29. The van der Waals surface area contributed by atoms with Crippen molar-refractivity contribution in [3.05, 3.63) is 98.1 Å². The minimum Gasteiger partial charge on any atom is -0.467 e. The molecule has 0 aliphatic rings. The SMILES string of the molecule is CCc1ccc2[nH]c(=O)c(CN(Cc3cccs3)[C@H](CC)c3nnnn3Cc3ccco3)cc2c1. The van der Waals surface area contributed by atoms with E-state index in [1.807, 2.05) is 24.3 Å². The van der Waals surface area contributed by atoms with Gasteiger partial charge in [-0.25, -0.2) is 4.68 Å². The Balaban J connectivity index is 1.51. The number of aryl methyl sites for hydroxylation is 1. The summed E-state index contributed by atoms with van der Waals surface area (Å²) in [5.74, 6) is 1.54. The van der Waals surface area contributed by atoms with E-state index in [0.29, 0.717) is 19.6 Å². The number of fused-ring (bicyclic) bond motifs is 1. The monoisotopic (exact) mass is 488 g/mol. The molecule has 9 heteroatoms. The third-order valence-electron chi connectivity index (χ3n) is 6.28. The maximum absolute atomic E-state index is 13.1. The third kappa shape index (κ3) is 5.11. The Morgan fingerprint density at radius 1 is 1.14 bits per heavy atom. The van der Waals surface area contributed by atoms with Crippen molar-refractivity contribution in [2.45, 2.75) is 52.4 Å². The van der Waals surface area contributed by atoms with Gasteiger partial charge in [0, 0.05) is 29.0 Å². The molecule has 0 aliphatic heterocycles. The van der Waals surface area contributed by atoms with Crippen LogP contribution in [-0.4, -0.2) is 30.1 Å². The summed E-state index contributed by atoms with van der Waals surface area (Å²) in [7, 11) is 0. The molecule has 0 aliphatic carbocycles. The first-order chi connectivity index (χ1) is 17.1. The Morgan fingerprint density at radius 3 is 2.80 bits per heavy atom. The van der Waals surface area contributed by atoms with Crippen molar-refractivity contribution in [2.24, 2.45) is 0 Å². The molecule has 8 nitrogen and oxygen atoms in total. The predicted octanol–water partition coefficient (Wildman–Crippen LogP) is 4.93. The maximum Gasteiger partial charge on any atom is 0.252 e. The number of aromatic amines is 1. The number of H-pyrrole nitrogens is 1. The zero-order valence-corrected chi connectivity index (χ0v) is 20.7. The summed E-state index contributed by atoms with van der Waals surface area (Å²) in [5.41, 5.74) is 2.76. The quantitative estimate of drug-likeness (QED) is 0.300. The predicted molar refractivity (Wildman–Crippen MR) is 136 cm³/mol. The second-order valence-corrected chi connectivity index (χ2v) is 9.61. The Bertz CT molecular complexity index is 1440. The van der Waals surface area contributed by atoms with Crippen LogP contribution in [0.4, 0.5) is 0 Å². The molecule has 4 aromatic heterocycles. The van der Waals surface area contributed by atoms with Crippen LogP contribution < -0.4 is 5.56 Å². The number of benzene rings is 1. The van der Waals surface area contributed by atoms with Crippen LogP contribution in [0, 0.1) is 0 Å². The molecule has 180 valence electrons. The molecule has 5 aromatic rings. The smallest absolute Gasteiger partial charge is 0.252 e. The summed E-state index contributed by atoms with van der Waals surface area (Å²) in [5, 5.41) is 15.7. The van der Waals surface area contributed by atoms with E-state index in [1.165, 1.54) is 10.4 Å². The van der Waals surface area contributed by atoms with Gasteiger partial charge in [-0.15, -0.1) is 16.4 Å². The van der Waals surface area contributed by atoms with Crippen molar-refractivity contribution in [2.75, 3.05) is 0 Å². The minimum absolute atomic E-state index is 0.0667. The molecule has 0 saturated heterocycles. The Kier molecular flexibility index (Phi) is 6.87. The molecule has 1 aromatic carbocycles. The van der Waals surface area contributed by atoms with Crippen LogP contribution in [0.5, 0.6) is 0 Å². The molecule has 0 unspecified atom stereocenters. The highest BCUT2D eigenvalue weighted by Gasteiger charge is 2.26. The lowest BCUT2D eigenvalue weighted by Crippen LogP contribution is -2.32. The molecule has 0 spiro atoms. The van der Waals surface area contributed by atoms with E-state index >= 15 is 0 Å². The van der Waals surface area contributed by atoms with Gasteiger partial charge in [-0.05, 0) is 76.0 Å². The highest BCUT2D eigenvalue weighted by Crippen LogP contribution is 2.28. The van der Waals surface area contributed by atoms with E-state index in [4.69, 9.17) is 4.42 Å². The first-order valence-electron chi connectivity index (χ1n) is 11.8. The zero-order chi connectivity index (χ0) is 24.2. The van der Waals surface area contributed by atoms with E-state index in [1.54, 1.807) is 22.3 Å². The van der Waals surface area contributed by atoms with Crippen LogP contribution >= 0.6 is 11.3 Å². The van der Waals surface area contributed by atoms with Gasteiger partial charge >= 0.3 is 0 Å². The van der Waals surface area contributed by atoms with E-state index in [9.17, 15) is 4.79 Å². The molecule has 0 amide bonds. The molecule has 0 bridgehead atoms. The zero-order valence-electron chi connectivity index (χ0n) is 19.8. The molecule has 0 fully saturated rings. The van der Waals surface area contributed by atoms with Crippen LogP contribution in [0.3, 0.4) is 0 Å². The van der Waals surface area contributed by atoms with Gasteiger partial charge in [-0.1, -0.05) is 26.0 Å². The average molecular weight is 489 g/mol.